The number of aliphatic hydroxyl groups is 1. The smallest absolute Gasteiger partial charge is 0.0838 e. The standard InChI is InChI=1S/C13H19Cl2N3O.2ClH/c1-9(19)13(16)18-7-5-17(6-8-18)11-4-2-3-10(14)12(11)15;;/h2-4,9,13,19H,5-8,16H2,1H3;2*1H. The van der Waals surface area contributed by atoms with E-state index in [1.54, 1.807) is 13.0 Å². The minimum Gasteiger partial charge on any atom is -0.390 e. The van der Waals surface area contributed by atoms with Crippen molar-refractivity contribution in [3.05, 3.63) is 28.2 Å². The Morgan fingerprint density at radius 1 is 1.14 bits per heavy atom. The average molecular weight is 377 g/mol. The van der Waals surface area contributed by atoms with Gasteiger partial charge in [-0.3, -0.25) is 4.90 Å². The summed E-state index contributed by atoms with van der Waals surface area (Å²) < 4.78 is 0. The van der Waals surface area contributed by atoms with Crippen LogP contribution in [0.25, 0.3) is 0 Å². The molecule has 1 fully saturated rings. The van der Waals surface area contributed by atoms with E-state index >= 15 is 0 Å². The lowest BCUT2D eigenvalue weighted by molar-refractivity contribution is 0.0605. The van der Waals surface area contributed by atoms with Gasteiger partial charge in [-0.15, -0.1) is 24.8 Å². The minimum absolute atomic E-state index is 0. The van der Waals surface area contributed by atoms with Gasteiger partial charge in [0.15, 0.2) is 0 Å². The van der Waals surface area contributed by atoms with Gasteiger partial charge in [0.1, 0.15) is 0 Å². The number of aliphatic hydroxyl groups excluding tert-OH is 1. The van der Waals surface area contributed by atoms with E-state index in [4.69, 9.17) is 28.9 Å². The number of nitrogens with two attached hydrogens (primary N) is 1. The van der Waals surface area contributed by atoms with E-state index in [9.17, 15) is 5.11 Å². The Hall–Kier alpha value is 0.0600. The summed E-state index contributed by atoms with van der Waals surface area (Å²) in [7, 11) is 0. The fourth-order valence-corrected chi connectivity index (χ4v) is 2.72. The summed E-state index contributed by atoms with van der Waals surface area (Å²) in [6.07, 6.45) is -0.835. The van der Waals surface area contributed by atoms with Crippen LogP contribution in [-0.4, -0.2) is 48.5 Å². The topological polar surface area (TPSA) is 52.7 Å². The second-order valence-electron chi connectivity index (χ2n) is 4.83. The summed E-state index contributed by atoms with van der Waals surface area (Å²) in [4.78, 5) is 4.28. The van der Waals surface area contributed by atoms with Gasteiger partial charge in [0.05, 0.1) is 28.0 Å². The minimum atomic E-state index is -0.527. The number of halogens is 4. The zero-order valence-corrected chi connectivity index (χ0v) is 14.9. The second kappa shape index (κ2) is 9.26. The largest absolute Gasteiger partial charge is 0.390 e. The Labute approximate surface area is 148 Å². The van der Waals surface area contributed by atoms with Crippen molar-refractivity contribution >= 4 is 53.7 Å². The first-order valence-electron chi connectivity index (χ1n) is 6.37. The summed E-state index contributed by atoms with van der Waals surface area (Å²) in [5, 5.41) is 10.7. The highest BCUT2D eigenvalue weighted by Crippen LogP contribution is 2.32. The monoisotopic (exact) mass is 375 g/mol. The average Bonchev–Trinajstić information content (AvgIpc) is 2.41. The number of benzene rings is 1. The molecule has 2 unspecified atom stereocenters. The number of piperazine rings is 1. The van der Waals surface area contributed by atoms with E-state index in [-0.39, 0.29) is 31.0 Å². The van der Waals surface area contributed by atoms with Crippen molar-refractivity contribution in [2.75, 3.05) is 31.1 Å². The number of hydrogen-bond acceptors (Lipinski definition) is 4. The summed E-state index contributed by atoms with van der Waals surface area (Å²) in [6.45, 7) is 4.95. The molecule has 0 aromatic heterocycles. The Balaban J connectivity index is 0.00000200. The van der Waals surface area contributed by atoms with E-state index in [1.807, 2.05) is 12.1 Å². The SMILES string of the molecule is CC(O)C(N)N1CCN(c2cccc(Cl)c2Cl)CC1.Cl.Cl. The van der Waals surface area contributed by atoms with Gasteiger partial charge in [-0.1, -0.05) is 29.3 Å². The van der Waals surface area contributed by atoms with Crippen LogP contribution in [0.3, 0.4) is 0 Å². The van der Waals surface area contributed by atoms with Crippen LogP contribution in [0, 0.1) is 0 Å². The molecule has 21 heavy (non-hydrogen) atoms. The van der Waals surface area contributed by atoms with Crippen LogP contribution in [0.2, 0.25) is 10.0 Å². The predicted molar refractivity (Wildman–Crippen MR) is 94.4 cm³/mol. The van der Waals surface area contributed by atoms with Crippen LogP contribution < -0.4 is 10.6 Å². The molecule has 1 saturated heterocycles. The fraction of sp³-hybridized carbons (Fsp3) is 0.538. The van der Waals surface area contributed by atoms with Gasteiger partial charge in [0.25, 0.3) is 0 Å². The van der Waals surface area contributed by atoms with Crippen LogP contribution in [-0.2, 0) is 0 Å². The fourth-order valence-electron chi connectivity index (χ4n) is 2.30. The van der Waals surface area contributed by atoms with Crippen molar-refractivity contribution in [1.29, 1.82) is 0 Å². The molecule has 1 aromatic rings. The molecule has 2 atom stereocenters. The maximum absolute atomic E-state index is 9.52. The lowest BCUT2D eigenvalue weighted by atomic mass is 10.2. The summed E-state index contributed by atoms with van der Waals surface area (Å²) in [6, 6.07) is 5.66. The molecule has 8 heteroatoms. The molecular formula is C13H21Cl4N3O. The predicted octanol–water partition coefficient (Wildman–Crippen LogP) is 2.62. The Morgan fingerprint density at radius 3 is 2.24 bits per heavy atom. The van der Waals surface area contributed by atoms with Gasteiger partial charge in [-0.25, -0.2) is 0 Å². The molecule has 0 amide bonds. The zero-order chi connectivity index (χ0) is 14.0. The molecule has 122 valence electrons. The molecule has 2 rings (SSSR count). The summed E-state index contributed by atoms with van der Waals surface area (Å²) >= 11 is 12.3. The number of nitrogens with zero attached hydrogens (tertiary/aromatic N) is 2. The van der Waals surface area contributed by atoms with Gasteiger partial charge < -0.3 is 15.7 Å². The Kier molecular flexibility index (Phi) is 9.28. The molecule has 0 radical (unpaired) electrons. The third kappa shape index (κ3) is 5.03. The molecule has 4 nitrogen and oxygen atoms in total. The maximum Gasteiger partial charge on any atom is 0.0838 e. The summed E-state index contributed by atoms with van der Waals surface area (Å²) in [5.41, 5.74) is 6.90. The molecule has 1 aromatic carbocycles. The lowest BCUT2D eigenvalue weighted by Gasteiger charge is -2.40. The highest BCUT2D eigenvalue weighted by atomic mass is 35.5. The van der Waals surface area contributed by atoms with E-state index < -0.39 is 6.10 Å². The van der Waals surface area contributed by atoms with Crippen LogP contribution in [0.15, 0.2) is 18.2 Å². The highest BCUT2D eigenvalue weighted by molar-refractivity contribution is 6.43. The highest BCUT2D eigenvalue weighted by Gasteiger charge is 2.25. The molecular weight excluding hydrogens is 356 g/mol. The maximum atomic E-state index is 9.52. The van der Waals surface area contributed by atoms with Gasteiger partial charge in [0.2, 0.25) is 0 Å². The molecule has 1 aliphatic rings. The first-order valence-corrected chi connectivity index (χ1v) is 7.13. The number of anilines is 1. The van der Waals surface area contributed by atoms with Crippen LogP contribution >= 0.6 is 48.0 Å². The molecule has 1 aliphatic heterocycles. The van der Waals surface area contributed by atoms with Crippen molar-refractivity contribution in [2.45, 2.75) is 19.2 Å². The second-order valence-corrected chi connectivity index (χ2v) is 5.61. The van der Waals surface area contributed by atoms with Crippen LogP contribution in [0.1, 0.15) is 6.92 Å². The molecule has 0 spiro atoms. The normalized spacial score (nSPS) is 18.4. The molecule has 1 heterocycles. The van der Waals surface area contributed by atoms with Gasteiger partial charge in [-0.05, 0) is 19.1 Å². The van der Waals surface area contributed by atoms with Crippen molar-refractivity contribution < 1.29 is 5.11 Å². The summed E-state index contributed by atoms with van der Waals surface area (Å²) in [5.74, 6) is 0. The molecule has 0 aliphatic carbocycles. The number of rotatable bonds is 3. The van der Waals surface area contributed by atoms with Crippen molar-refractivity contribution in [3.8, 4) is 0 Å². The number of hydrogen-bond donors (Lipinski definition) is 2. The van der Waals surface area contributed by atoms with Crippen LogP contribution in [0.5, 0.6) is 0 Å². The third-order valence-corrected chi connectivity index (χ3v) is 4.31. The first kappa shape index (κ1) is 21.1. The van der Waals surface area contributed by atoms with E-state index in [2.05, 4.69) is 9.80 Å². The van der Waals surface area contributed by atoms with Crippen molar-refractivity contribution in [2.24, 2.45) is 5.73 Å². The molecule has 3 N–H and O–H groups in total. The molecule has 0 saturated carbocycles. The Bertz CT molecular complexity index is 439. The quantitative estimate of drug-likeness (QED) is 0.851. The molecule has 0 bridgehead atoms. The van der Waals surface area contributed by atoms with Gasteiger partial charge in [0, 0.05) is 26.2 Å². The zero-order valence-electron chi connectivity index (χ0n) is 11.7. The van der Waals surface area contributed by atoms with E-state index in [0.717, 1.165) is 31.9 Å². The van der Waals surface area contributed by atoms with Gasteiger partial charge in [-0.2, -0.15) is 0 Å². The Morgan fingerprint density at radius 2 is 1.71 bits per heavy atom. The third-order valence-electron chi connectivity index (χ3n) is 3.50. The van der Waals surface area contributed by atoms with Crippen LogP contribution in [0.4, 0.5) is 5.69 Å². The van der Waals surface area contributed by atoms with E-state index in [1.165, 1.54) is 0 Å². The van der Waals surface area contributed by atoms with Crippen molar-refractivity contribution in [3.63, 3.8) is 0 Å². The first-order chi connectivity index (χ1) is 9.00. The van der Waals surface area contributed by atoms with Gasteiger partial charge >= 0.3 is 0 Å². The van der Waals surface area contributed by atoms with E-state index in [0.29, 0.717) is 10.0 Å². The van der Waals surface area contributed by atoms with Crippen molar-refractivity contribution in [1.82, 2.24) is 4.90 Å². The lowest BCUT2D eigenvalue weighted by Crippen LogP contribution is -2.56.